The number of aryl methyl sites for hydroxylation is 1. The zero-order valence-electron chi connectivity index (χ0n) is 14.5. The smallest absolute Gasteiger partial charge is 0.247 e. The van der Waals surface area contributed by atoms with Gasteiger partial charge in [-0.2, -0.15) is 4.98 Å². The monoisotopic (exact) mass is 349 g/mol. The van der Waals surface area contributed by atoms with Gasteiger partial charge in [-0.3, -0.25) is 0 Å². The SMILES string of the molecule is COc1ccc2c(c1)c1c(n2Cc2nc(-c3ncc[nH]3)no2)CCCC1. The number of fused-ring (bicyclic) bond motifs is 3. The van der Waals surface area contributed by atoms with E-state index < -0.39 is 0 Å². The second-order valence-electron chi connectivity index (χ2n) is 6.55. The zero-order chi connectivity index (χ0) is 17.5. The minimum atomic E-state index is 0.483. The highest BCUT2D eigenvalue weighted by Crippen LogP contribution is 2.34. The molecule has 1 N–H and O–H groups in total. The summed E-state index contributed by atoms with van der Waals surface area (Å²) in [6.45, 7) is 0.561. The number of imidazole rings is 1. The van der Waals surface area contributed by atoms with Crippen LogP contribution < -0.4 is 4.74 Å². The summed E-state index contributed by atoms with van der Waals surface area (Å²) in [6, 6.07) is 6.26. The maximum absolute atomic E-state index is 5.48. The van der Waals surface area contributed by atoms with Crippen LogP contribution in [0.5, 0.6) is 5.75 Å². The number of aromatic nitrogens is 5. The molecular formula is C19H19N5O2. The molecule has 132 valence electrons. The first-order valence-electron chi connectivity index (χ1n) is 8.84. The van der Waals surface area contributed by atoms with Crippen LogP contribution in [-0.2, 0) is 19.4 Å². The van der Waals surface area contributed by atoms with Gasteiger partial charge in [0.2, 0.25) is 11.7 Å². The van der Waals surface area contributed by atoms with Crippen molar-refractivity contribution in [2.75, 3.05) is 7.11 Å². The van der Waals surface area contributed by atoms with E-state index in [1.165, 1.54) is 35.0 Å². The van der Waals surface area contributed by atoms with E-state index in [9.17, 15) is 0 Å². The molecule has 26 heavy (non-hydrogen) atoms. The highest BCUT2D eigenvalue weighted by Gasteiger charge is 2.22. The molecule has 0 saturated heterocycles. The Morgan fingerprint density at radius 1 is 1.27 bits per heavy atom. The topological polar surface area (TPSA) is 81.8 Å². The fraction of sp³-hybridized carbons (Fsp3) is 0.316. The number of ether oxygens (including phenoxy) is 1. The molecule has 0 spiro atoms. The van der Waals surface area contributed by atoms with Crippen molar-refractivity contribution in [3.05, 3.63) is 47.7 Å². The molecule has 0 atom stereocenters. The lowest BCUT2D eigenvalue weighted by Crippen LogP contribution is -2.09. The number of methoxy groups -OCH3 is 1. The van der Waals surface area contributed by atoms with Crippen LogP contribution in [0.15, 0.2) is 35.1 Å². The van der Waals surface area contributed by atoms with Gasteiger partial charge in [0.15, 0.2) is 5.82 Å². The molecule has 1 aliphatic carbocycles. The Morgan fingerprint density at radius 2 is 2.19 bits per heavy atom. The lowest BCUT2D eigenvalue weighted by Gasteiger charge is -2.14. The molecule has 3 heterocycles. The average molecular weight is 349 g/mol. The van der Waals surface area contributed by atoms with Crippen LogP contribution in [-0.4, -0.2) is 31.8 Å². The van der Waals surface area contributed by atoms with Gasteiger partial charge in [0.1, 0.15) is 12.3 Å². The maximum atomic E-state index is 5.48. The molecule has 0 unspecified atom stereocenters. The Labute approximate surface area is 150 Å². The molecule has 3 aromatic heterocycles. The third kappa shape index (κ3) is 2.39. The summed E-state index contributed by atoms with van der Waals surface area (Å²) in [6.07, 6.45) is 8.04. The number of nitrogens with zero attached hydrogens (tertiary/aromatic N) is 4. The maximum Gasteiger partial charge on any atom is 0.247 e. The van der Waals surface area contributed by atoms with Crippen LogP contribution in [0.2, 0.25) is 0 Å². The van der Waals surface area contributed by atoms with Crippen molar-refractivity contribution in [2.24, 2.45) is 0 Å². The molecule has 0 radical (unpaired) electrons. The van der Waals surface area contributed by atoms with E-state index in [-0.39, 0.29) is 0 Å². The van der Waals surface area contributed by atoms with E-state index in [0.29, 0.717) is 24.1 Å². The van der Waals surface area contributed by atoms with Crippen molar-refractivity contribution in [3.63, 3.8) is 0 Å². The third-order valence-electron chi connectivity index (χ3n) is 5.06. The van der Waals surface area contributed by atoms with Gasteiger partial charge in [-0.05, 0) is 49.4 Å². The second-order valence-corrected chi connectivity index (χ2v) is 6.55. The Balaban J connectivity index is 1.58. The third-order valence-corrected chi connectivity index (χ3v) is 5.06. The van der Waals surface area contributed by atoms with E-state index in [4.69, 9.17) is 9.26 Å². The van der Waals surface area contributed by atoms with Crippen molar-refractivity contribution in [1.29, 1.82) is 0 Å². The highest BCUT2D eigenvalue weighted by atomic mass is 16.5. The average Bonchev–Trinajstić information content (AvgIpc) is 3.42. The molecular weight excluding hydrogens is 330 g/mol. The van der Waals surface area contributed by atoms with Gasteiger partial charge in [-0.25, -0.2) is 4.98 Å². The van der Waals surface area contributed by atoms with Crippen LogP contribution in [0, 0.1) is 0 Å². The van der Waals surface area contributed by atoms with Crippen molar-refractivity contribution in [1.82, 2.24) is 24.7 Å². The van der Waals surface area contributed by atoms with Gasteiger partial charge in [0.25, 0.3) is 0 Å². The molecule has 0 fully saturated rings. The quantitative estimate of drug-likeness (QED) is 0.611. The number of hydrogen-bond donors (Lipinski definition) is 1. The van der Waals surface area contributed by atoms with E-state index in [0.717, 1.165) is 18.6 Å². The minimum Gasteiger partial charge on any atom is -0.497 e. The molecule has 0 amide bonds. The van der Waals surface area contributed by atoms with Gasteiger partial charge >= 0.3 is 0 Å². The summed E-state index contributed by atoms with van der Waals surface area (Å²) in [5.74, 6) is 2.57. The standard InChI is InChI=1S/C19H19N5O2/c1-25-12-6-7-16-14(10-12)13-4-2-3-5-15(13)24(16)11-17-22-19(23-26-17)18-20-8-9-21-18/h6-10H,2-5,11H2,1H3,(H,20,21). The summed E-state index contributed by atoms with van der Waals surface area (Å²) in [7, 11) is 1.71. The normalized spacial score (nSPS) is 13.9. The van der Waals surface area contributed by atoms with E-state index in [2.05, 4.69) is 36.8 Å². The number of aromatic amines is 1. The van der Waals surface area contributed by atoms with Crippen LogP contribution in [0.25, 0.3) is 22.6 Å². The molecule has 4 aromatic rings. The molecule has 0 saturated carbocycles. The first-order chi connectivity index (χ1) is 12.8. The van der Waals surface area contributed by atoms with Gasteiger partial charge in [0.05, 0.1) is 7.11 Å². The summed E-state index contributed by atoms with van der Waals surface area (Å²) in [4.78, 5) is 11.7. The Morgan fingerprint density at radius 3 is 3.04 bits per heavy atom. The Hall–Kier alpha value is -3.09. The number of hydrogen-bond acceptors (Lipinski definition) is 5. The molecule has 1 aromatic carbocycles. The minimum absolute atomic E-state index is 0.483. The summed E-state index contributed by atoms with van der Waals surface area (Å²) in [5.41, 5.74) is 3.99. The van der Waals surface area contributed by atoms with Gasteiger partial charge in [0, 0.05) is 29.0 Å². The number of H-pyrrole nitrogens is 1. The molecule has 5 rings (SSSR count). The van der Waals surface area contributed by atoms with E-state index >= 15 is 0 Å². The number of benzene rings is 1. The van der Waals surface area contributed by atoms with E-state index in [1.54, 1.807) is 19.5 Å². The van der Waals surface area contributed by atoms with Crippen molar-refractivity contribution < 1.29 is 9.26 Å². The fourth-order valence-electron chi connectivity index (χ4n) is 3.86. The molecule has 0 aliphatic heterocycles. The molecule has 1 aliphatic rings. The first kappa shape index (κ1) is 15.2. The predicted molar refractivity (Wildman–Crippen MR) is 96.1 cm³/mol. The van der Waals surface area contributed by atoms with Crippen molar-refractivity contribution in [2.45, 2.75) is 32.2 Å². The van der Waals surface area contributed by atoms with Crippen LogP contribution in [0.3, 0.4) is 0 Å². The first-order valence-corrected chi connectivity index (χ1v) is 8.84. The summed E-state index contributed by atoms with van der Waals surface area (Å²) >= 11 is 0. The second kappa shape index (κ2) is 6.01. The number of rotatable bonds is 4. The molecule has 7 nitrogen and oxygen atoms in total. The van der Waals surface area contributed by atoms with Crippen molar-refractivity contribution >= 4 is 10.9 Å². The summed E-state index contributed by atoms with van der Waals surface area (Å²) in [5, 5.41) is 5.31. The molecule has 7 heteroatoms. The zero-order valence-corrected chi connectivity index (χ0v) is 14.5. The van der Waals surface area contributed by atoms with E-state index in [1.807, 2.05) is 6.07 Å². The predicted octanol–water partition coefficient (Wildman–Crippen LogP) is 3.35. The van der Waals surface area contributed by atoms with Gasteiger partial charge in [-0.15, -0.1) is 0 Å². The fourth-order valence-corrected chi connectivity index (χ4v) is 3.86. The Bertz CT molecular complexity index is 1060. The highest BCUT2D eigenvalue weighted by molar-refractivity contribution is 5.87. The molecule has 0 bridgehead atoms. The Kier molecular flexibility index (Phi) is 3.51. The summed E-state index contributed by atoms with van der Waals surface area (Å²) < 4.78 is 13.2. The lowest BCUT2D eigenvalue weighted by atomic mass is 9.95. The van der Waals surface area contributed by atoms with Crippen LogP contribution in [0.4, 0.5) is 0 Å². The van der Waals surface area contributed by atoms with Crippen LogP contribution in [0.1, 0.15) is 30.0 Å². The number of nitrogens with one attached hydrogen (secondary N) is 1. The van der Waals surface area contributed by atoms with Crippen LogP contribution >= 0.6 is 0 Å². The largest absolute Gasteiger partial charge is 0.497 e. The van der Waals surface area contributed by atoms with Gasteiger partial charge < -0.3 is 18.8 Å². The van der Waals surface area contributed by atoms with Crippen molar-refractivity contribution in [3.8, 4) is 17.4 Å². The van der Waals surface area contributed by atoms with Gasteiger partial charge in [-0.1, -0.05) is 5.16 Å². The lowest BCUT2D eigenvalue weighted by molar-refractivity contribution is 0.371.